The molecule has 1 amide bonds. The van der Waals surface area contributed by atoms with Crippen molar-refractivity contribution in [2.45, 2.75) is 25.0 Å². The number of methoxy groups -OCH3 is 2. The number of halogens is 1. The van der Waals surface area contributed by atoms with E-state index in [1.807, 2.05) is 12.1 Å². The van der Waals surface area contributed by atoms with Gasteiger partial charge < -0.3 is 25.4 Å². The number of ether oxygens (including phenoxy) is 2. The van der Waals surface area contributed by atoms with Gasteiger partial charge in [0.2, 0.25) is 5.91 Å². The molecule has 0 bridgehead atoms. The summed E-state index contributed by atoms with van der Waals surface area (Å²) in [6.07, 6.45) is 0.923. The molecule has 1 heterocycles. The molecule has 3 N–H and O–H groups in total. The third-order valence-electron chi connectivity index (χ3n) is 4.04. The minimum atomic E-state index is -0.236. The molecular weight excluding hydrogens is 318 g/mol. The molecule has 1 aliphatic rings. The summed E-state index contributed by atoms with van der Waals surface area (Å²) in [6, 6.07) is 5.65. The molecule has 6 nitrogen and oxygen atoms in total. The second kappa shape index (κ2) is 8.38. The fraction of sp³-hybridized carbons (Fsp3) is 0.562. The van der Waals surface area contributed by atoms with Crippen molar-refractivity contribution in [1.82, 2.24) is 5.32 Å². The van der Waals surface area contributed by atoms with E-state index in [0.29, 0.717) is 11.6 Å². The van der Waals surface area contributed by atoms with Crippen molar-refractivity contribution in [2.24, 2.45) is 5.73 Å². The molecule has 1 saturated heterocycles. The fourth-order valence-electron chi connectivity index (χ4n) is 2.76. The molecule has 1 aromatic carbocycles. The van der Waals surface area contributed by atoms with Crippen LogP contribution in [0.25, 0.3) is 0 Å². The van der Waals surface area contributed by atoms with Crippen LogP contribution in [-0.2, 0) is 9.53 Å². The number of amides is 1. The summed E-state index contributed by atoms with van der Waals surface area (Å²) in [4.78, 5) is 14.2. The van der Waals surface area contributed by atoms with Crippen LogP contribution in [0.2, 0.25) is 5.02 Å². The zero-order chi connectivity index (χ0) is 16.8. The Hall–Kier alpha value is -1.50. The summed E-state index contributed by atoms with van der Waals surface area (Å²) in [5.41, 5.74) is 6.50. The second-order valence-electron chi connectivity index (χ2n) is 5.61. The van der Waals surface area contributed by atoms with Gasteiger partial charge >= 0.3 is 0 Å². The first-order chi connectivity index (χ1) is 11.1. The number of hydrogen-bond donors (Lipinski definition) is 2. The molecule has 23 heavy (non-hydrogen) atoms. The highest BCUT2D eigenvalue weighted by Crippen LogP contribution is 2.33. The Morgan fingerprint density at radius 1 is 1.52 bits per heavy atom. The lowest BCUT2D eigenvalue weighted by Gasteiger charge is -2.22. The summed E-state index contributed by atoms with van der Waals surface area (Å²) in [5.74, 6) is 0.746. The van der Waals surface area contributed by atoms with Crippen molar-refractivity contribution in [3.8, 4) is 5.75 Å². The van der Waals surface area contributed by atoms with Gasteiger partial charge in [-0.15, -0.1) is 0 Å². The highest BCUT2D eigenvalue weighted by Gasteiger charge is 2.26. The van der Waals surface area contributed by atoms with E-state index in [9.17, 15) is 4.79 Å². The smallest absolute Gasteiger partial charge is 0.222 e. The van der Waals surface area contributed by atoms with E-state index >= 15 is 0 Å². The lowest BCUT2D eigenvalue weighted by molar-refractivity contribution is -0.123. The predicted molar refractivity (Wildman–Crippen MR) is 91.2 cm³/mol. The Bertz CT molecular complexity index is 537. The zero-order valence-electron chi connectivity index (χ0n) is 13.5. The van der Waals surface area contributed by atoms with Crippen molar-refractivity contribution in [1.29, 1.82) is 0 Å². The predicted octanol–water partition coefficient (Wildman–Crippen LogP) is 1.41. The van der Waals surface area contributed by atoms with Gasteiger partial charge in [-0.3, -0.25) is 4.79 Å². The Kier molecular flexibility index (Phi) is 6.50. The molecule has 1 fully saturated rings. The molecule has 1 aliphatic heterocycles. The van der Waals surface area contributed by atoms with E-state index in [1.54, 1.807) is 20.3 Å². The van der Waals surface area contributed by atoms with Crippen LogP contribution in [0.1, 0.15) is 12.8 Å². The third-order valence-corrected chi connectivity index (χ3v) is 4.28. The summed E-state index contributed by atoms with van der Waals surface area (Å²) in [7, 11) is 3.20. The lowest BCUT2D eigenvalue weighted by Crippen LogP contribution is -2.40. The number of benzene rings is 1. The topological polar surface area (TPSA) is 76.8 Å². The van der Waals surface area contributed by atoms with E-state index in [-0.39, 0.29) is 24.5 Å². The number of nitrogens with two attached hydrogens (primary N) is 1. The first-order valence-electron chi connectivity index (χ1n) is 7.68. The van der Waals surface area contributed by atoms with Crippen molar-refractivity contribution < 1.29 is 14.3 Å². The largest absolute Gasteiger partial charge is 0.495 e. The van der Waals surface area contributed by atoms with Crippen LogP contribution < -0.4 is 20.7 Å². The molecule has 0 saturated carbocycles. The highest BCUT2D eigenvalue weighted by atomic mass is 35.5. The maximum atomic E-state index is 12.0. The van der Waals surface area contributed by atoms with Crippen molar-refractivity contribution in [3.05, 3.63) is 23.2 Å². The van der Waals surface area contributed by atoms with E-state index < -0.39 is 0 Å². The number of nitrogens with zero attached hydrogens (tertiary/aromatic N) is 1. The number of nitrogens with one attached hydrogen (secondary N) is 1. The molecule has 1 aromatic rings. The maximum absolute atomic E-state index is 12.0. The number of carbonyl (C=O) groups is 1. The molecular formula is C16H24ClN3O3. The Labute approximate surface area is 141 Å². The quantitative estimate of drug-likeness (QED) is 0.784. The van der Waals surface area contributed by atoms with Gasteiger partial charge in [-0.25, -0.2) is 0 Å². The average molecular weight is 342 g/mol. The molecule has 0 aliphatic carbocycles. The van der Waals surface area contributed by atoms with Crippen LogP contribution in [0.15, 0.2) is 18.2 Å². The maximum Gasteiger partial charge on any atom is 0.222 e. The number of hydrogen-bond acceptors (Lipinski definition) is 5. The van der Waals surface area contributed by atoms with E-state index in [4.69, 9.17) is 26.8 Å². The molecule has 0 radical (unpaired) electrons. The monoisotopic (exact) mass is 341 g/mol. The second-order valence-corrected chi connectivity index (χ2v) is 6.05. The average Bonchev–Trinajstić information content (AvgIpc) is 3.00. The summed E-state index contributed by atoms with van der Waals surface area (Å²) >= 11 is 6.08. The van der Waals surface area contributed by atoms with Crippen LogP contribution in [0.5, 0.6) is 5.75 Å². The van der Waals surface area contributed by atoms with Crippen molar-refractivity contribution in [3.63, 3.8) is 0 Å². The highest BCUT2D eigenvalue weighted by molar-refractivity contribution is 6.30. The fourth-order valence-corrected chi connectivity index (χ4v) is 2.93. The van der Waals surface area contributed by atoms with Gasteiger partial charge in [-0.05, 0) is 24.6 Å². The summed E-state index contributed by atoms with van der Waals surface area (Å²) in [6.45, 7) is 1.90. The van der Waals surface area contributed by atoms with Crippen LogP contribution in [0.4, 0.5) is 5.69 Å². The van der Waals surface area contributed by atoms with Crippen LogP contribution in [0, 0.1) is 0 Å². The van der Waals surface area contributed by atoms with Gasteiger partial charge in [0.25, 0.3) is 0 Å². The molecule has 0 spiro atoms. The number of carbonyl (C=O) groups excluding carboxylic acids is 1. The van der Waals surface area contributed by atoms with Crippen molar-refractivity contribution in [2.75, 3.05) is 38.8 Å². The molecule has 2 atom stereocenters. The van der Waals surface area contributed by atoms with Gasteiger partial charge in [0.15, 0.2) is 0 Å². The van der Waals surface area contributed by atoms with E-state index in [0.717, 1.165) is 30.9 Å². The van der Waals surface area contributed by atoms with Gasteiger partial charge in [-0.1, -0.05) is 11.6 Å². The van der Waals surface area contributed by atoms with Gasteiger partial charge in [0, 0.05) is 37.8 Å². The lowest BCUT2D eigenvalue weighted by atomic mass is 10.2. The third kappa shape index (κ3) is 4.73. The minimum absolute atomic E-state index is 0.0350. The summed E-state index contributed by atoms with van der Waals surface area (Å²) in [5, 5.41) is 3.71. The first-order valence-corrected chi connectivity index (χ1v) is 8.05. The van der Waals surface area contributed by atoms with Crippen LogP contribution >= 0.6 is 11.6 Å². The number of rotatable bonds is 7. The molecule has 7 heteroatoms. The molecule has 2 rings (SSSR count). The van der Waals surface area contributed by atoms with Crippen molar-refractivity contribution >= 4 is 23.2 Å². The Morgan fingerprint density at radius 2 is 2.30 bits per heavy atom. The molecule has 0 aromatic heterocycles. The number of anilines is 1. The van der Waals surface area contributed by atoms with Gasteiger partial charge in [-0.2, -0.15) is 0 Å². The minimum Gasteiger partial charge on any atom is -0.495 e. The summed E-state index contributed by atoms with van der Waals surface area (Å²) < 4.78 is 10.5. The van der Waals surface area contributed by atoms with Crippen LogP contribution in [0.3, 0.4) is 0 Å². The Morgan fingerprint density at radius 3 is 2.96 bits per heavy atom. The van der Waals surface area contributed by atoms with E-state index in [1.165, 1.54) is 0 Å². The normalized spacial score (nSPS) is 18.8. The molecule has 128 valence electrons. The van der Waals surface area contributed by atoms with Gasteiger partial charge in [0.05, 0.1) is 25.3 Å². The van der Waals surface area contributed by atoms with Crippen LogP contribution in [-0.4, -0.2) is 51.9 Å². The standard InChI is InChI=1S/C16H24ClN3O3/c1-22-13(9-18)8-16(21)19-12-5-6-20(10-12)14-7-11(17)3-4-15(14)23-2/h3-4,7,12-13H,5-6,8-10,18H2,1-2H3,(H,19,21). The Balaban J connectivity index is 1.94. The first kappa shape index (κ1) is 17.8. The van der Waals surface area contributed by atoms with E-state index in [2.05, 4.69) is 10.2 Å². The zero-order valence-corrected chi connectivity index (χ0v) is 14.3. The SMILES string of the molecule is COc1ccc(Cl)cc1N1CCC(NC(=O)CC(CN)OC)C1. The molecule has 2 unspecified atom stereocenters. The van der Waals surface area contributed by atoms with Gasteiger partial charge in [0.1, 0.15) is 5.75 Å².